The van der Waals surface area contributed by atoms with E-state index in [0.29, 0.717) is 30.8 Å². The highest BCUT2D eigenvalue weighted by atomic mass is 16.2. The molecule has 7 nitrogen and oxygen atoms in total. The number of unbranched alkanes of at least 4 members (excludes halogenated alkanes) is 3. The summed E-state index contributed by atoms with van der Waals surface area (Å²) in [5, 5.41) is 0. The van der Waals surface area contributed by atoms with E-state index < -0.39 is 11.2 Å². The zero-order chi connectivity index (χ0) is 22.2. The van der Waals surface area contributed by atoms with Gasteiger partial charge in [-0.3, -0.25) is 19.1 Å². The van der Waals surface area contributed by atoms with Crippen LogP contribution in [0.1, 0.15) is 84.5 Å². The van der Waals surface area contributed by atoms with E-state index in [-0.39, 0.29) is 22.8 Å². The van der Waals surface area contributed by atoms with Gasteiger partial charge in [-0.1, -0.05) is 33.1 Å². The molecule has 7 heteroatoms. The van der Waals surface area contributed by atoms with Crippen LogP contribution in [0.25, 0.3) is 0 Å². The van der Waals surface area contributed by atoms with E-state index in [9.17, 15) is 14.4 Å². The number of hydrogen-bond donors (Lipinski definition) is 2. The van der Waals surface area contributed by atoms with Crippen LogP contribution >= 0.6 is 0 Å². The van der Waals surface area contributed by atoms with E-state index >= 15 is 0 Å². The maximum Gasteiger partial charge on any atom is 0.330 e. The molecule has 3 N–H and O–H groups in total. The van der Waals surface area contributed by atoms with Crippen molar-refractivity contribution in [1.29, 1.82) is 0 Å². The summed E-state index contributed by atoms with van der Waals surface area (Å²) >= 11 is 0. The lowest BCUT2D eigenvalue weighted by atomic mass is 9.49. The zero-order valence-corrected chi connectivity index (χ0v) is 19.1. The molecule has 172 valence electrons. The topological polar surface area (TPSA) is 101 Å². The maximum absolute atomic E-state index is 14.1. The first-order valence-electron chi connectivity index (χ1n) is 12.3. The van der Waals surface area contributed by atoms with Crippen molar-refractivity contribution >= 4 is 17.4 Å². The van der Waals surface area contributed by atoms with Gasteiger partial charge in [0.15, 0.2) is 5.69 Å². The van der Waals surface area contributed by atoms with Gasteiger partial charge in [-0.15, -0.1) is 0 Å². The van der Waals surface area contributed by atoms with Crippen LogP contribution in [0.2, 0.25) is 0 Å². The van der Waals surface area contributed by atoms with Crippen molar-refractivity contribution in [3.63, 3.8) is 0 Å². The molecule has 0 aromatic carbocycles. The molecule has 0 unspecified atom stereocenters. The van der Waals surface area contributed by atoms with Crippen molar-refractivity contribution in [1.82, 2.24) is 9.55 Å². The Labute approximate surface area is 184 Å². The number of nitrogens with zero attached hydrogens (tertiary/aromatic N) is 2. The summed E-state index contributed by atoms with van der Waals surface area (Å²) in [6, 6.07) is 0. The number of nitrogens with two attached hydrogens (primary N) is 1. The monoisotopic (exact) mass is 430 g/mol. The number of carbonyl (C=O) groups is 1. The molecule has 4 fully saturated rings. The van der Waals surface area contributed by atoms with Crippen LogP contribution in [0, 0.1) is 23.2 Å². The summed E-state index contributed by atoms with van der Waals surface area (Å²) in [5.74, 6) is 2.13. The van der Waals surface area contributed by atoms with E-state index in [1.165, 1.54) is 23.8 Å². The van der Waals surface area contributed by atoms with Gasteiger partial charge in [0.1, 0.15) is 5.82 Å². The Kier molecular flexibility index (Phi) is 6.31. The van der Waals surface area contributed by atoms with Crippen LogP contribution in [-0.4, -0.2) is 22.0 Å². The third kappa shape index (κ3) is 4.08. The molecule has 31 heavy (non-hydrogen) atoms. The fourth-order valence-corrected chi connectivity index (χ4v) is 6.87. The number of nitrogen functional groups attached to an aromatic ring is 1. The average molecular weight is 431 g/mol. The summed E-state index contributed by atoms with van der Waals surface area (Å²) in [5.41, 5.74) is 5.21. The van der Waals surface area contributed by atoms with Crippen molar-refractivity contribution < 1.29 is 4.79 Å². The number of rotatable bonds is 9. The van der Waals surface area contributed by atoms with Gasteiger partial charge >= 0.3 is 5.69 Å². The molecule has 1 aromatic rings. The normalized spacial score (nSPS) is 28.8. The van der Waals surface area contributed by atoms with Crippen LogP contribution in [0.3, 0.4) is 0 Å². The molecule has 0 atom stereocenters. The Balaban J connectivity index is 1.73. The molecule has 4 aliphatic carbocycles. The fraction of sp³-hybridized carbons (Fsp3) is 0.792. The number of amides is 1. The van der Waals surface area contributed by atoms with Crippen LogP contribution in [-0.2, 0) is 11.3 Å². The van der Waals surface area contributed by atoms with Crippen molar-refractivity contribution in [2.24, 2.45) is 23.2 Å². The number of H-pyrrole nitrogens is 1. The minimum atomic E-state index is -0.537. The largest absolute Gasteiger partial charge is 0.383 e. The molecule has 4 saturated carbocycles. The number of aromatic amines is 1. The predicted molar refractivity (Wildman–Crippen MR) is 123 cm³/mol. The molecule has 1 aromatic heterocycles. The summed E-state index contributed by atoms with van der Waals surface area (Å²) in [6.07, 6.45) is 11.1. The highest BCUT2D eigenvalue weighted by molar-refractivity contribution is 5.99. The van der Waals surface area contributed by atoms with Gasteiger partial charge in [0.2, 0.25) is 5.91 Å². The highest BCUT2D eigenvalue weighted by Gasteiger charge is 2.56. The van der Waals surface area contributed by atoms with Crippen LogP contribution in [0.4, 0.5) is 11.5 Å². The first kappa shape index (κ1) is 22.2. The van der Waals surface area contributed by atoms with Crippen molar-refractivity contribution in [3.8, 4) is 0 Å². The van der Waals surface area contributed by atoms with Crippen molar-refractivity contribution in [2.75, 3.05) is 17.2 Å². The Hall–Kier alpha value is -2.05. The van der Waals surface area contributed by atoms with E-state index in [0.717, 1.165) is 51.4 Å². The van der Waals surface area contributed by atoms with E-state index in [2.05, 4.69) is 11.9 Å². The third-order valence-electron chi connectivity index (χ3n) is 7.94. The minimum absolute atomic E-state index is 0.0700. The van der Waals surface area contributed by atoms with Gasteiger partial charge in [-0.25, -0.2) is 4.79 Å². The molecule has 0 saturated heterocycles. The number of hydrogen-bond acceptors (Lipinski definition) is 4. The van der Waals surface area contributed by atoms with E-state index in [4.69, 9.17) is 5.73 Å². The molecule has 0 aliphatic heterocycles. The summed E-state index contributed by atoms with van der Waals surface area (Å²) < 4.78 is 1.43. The zero-order valence-electron chi connectivity index (χ0n) is 19.1. The summed E-state index contributed by atoms with van der Waals surface area (Å²) in [4.78, 5) is 43.6. The summed E-state index contributed by atoms with van der Waals surface area (Å²) in [6.45, 7) is 5.09. The van der Waals surface area contributed by atoms with Crippen LogP contribution < -0.4 is 21.9 Å². The lowest BCUT2D eigenvalue weighted by Gasteiger charge is -2.56. The highest BCUT2D eigenvalue weighted by Crippen LogP contribution is 2.60. The fourth-order valence-electron chi connectivity index (χ4n) is 6.87. The lowest BCUT2D eigenvalue weighted by Crippen LogP contribution is -2.56. The van der Waals surface area contributed by atoms with E-state index in [1.54, 1.807) is 4.90 Å². The predicted octanol–water partition coefficient (Wildman–Crippen LogP) is 3.66. The Morgan fingerprint density at radius 3 is 2.16 bits per heavy atom. The number of nitrogens with one attached hydrogen (secondary N) is 1. The van der Waals surface area contributed by atoms with Crippen molar-refractivity contribution in [2.45, 2.75) is 91.0 Å². The Bertz CT molecular complexity index is 896. The first-order valence-corrected chi connectivity index (χ1v) is 12.3. The smallest absolute Gasteiger partial charge is 0.330 e. The molecular formula is C24H38N4O3. The van der Waals surface area contributed by atoms with Crippen LogP contribution in [0.5, 0.6) is 0 Å². The SMILES string of the molecule is CCCCCN(C(=O)C12CC3CC(CC(C3)C1)C2)c1c(N)n(CCCC)c(=O)[nH]c1=O. The second-order valence-corrected chi connectivity index (χ2v) is 10.4. The summed E-state index contributed by atoms with van der Waals surface area (Å²) in [7, 11) is 0. The number of aromatic nitrogens is 2. The molecule has 5 rings (SSSR count). The molecule has 1 amide bonds. The van der Waals surface area contributed by atoms with Gasteiger partial charge in [-0.2, -0.15) is 0 Å². The van der Waals surface area contributed by atoms with Gasteiger partial charge in [0.25, 0.3) is 5.56 Å². The van der Waals surface area contributed by atoms with Gasteiger partial charge in [0.05, 0.1) is 5.41 Å². The standard InChI is InChI=1S/C24H38N4O3/c1-3-5-7-9-27(19-20(25)28(8-6-4-2)23(31)26-21(19)29)22(30)24-13-16-10-17(14-24)12-18(11-16)15-24/h16-18H,3-15,25H2,1-2H3,(H,26,29,31). The Morgan fingerprint density at radius 1 is 1.03 bits per heavy atom. The Morgan fingerprint density at radius 2 is 1.61 bits per heavy atom. The number of carbonyl (C=O) groups excluding carboxylic acids is 1. The molecule has 4 aliphatic rings. The molecule has 0 radical (unpaired) electrons. The van der Waals surface area contributed by atoms with Crippen molar-refractivity contribution in [3.05, 3.63) is 20.8 Å². The second kappa shape index (κ2) is 8.83. The van der Waals surface area contributed by atoms with Gasteiger partial charge in [0, 0.05) is 13.1 Å². The maximum atomic E-state index is 14.1. The van der Waals surface area contributed by atoms with Crippen LogP contribution in [0.15, 0.2) is 9.59 Å². The minimum Gasteiger partial charge on any atom is -0.383 e. The molecule has 4 bridgehead atoms. The molecule has 1 heterocycles. The quantitative estimate of drug-likeness (QED) is 0.584. The third-order valence-corrected chi connectivity index (χ3v) is 7.94. The average Bonchev–Trinajstić information content (AvgIpc) is 2.71. The van der Waals surface area contributed by atoms with Gasteiger partial charge in [-0.05, 0) is 69.1 Å². The number of anilines is 2. The van der Waals surface area contributed by atoms with E-state index in [1.807, 2.05) is 6.92 Å². The lowest BCUT2D eigenvalue weighted by molar-refractivity contribution is -0.143. The first-order chi connectivity index (χ1) is 14.9. The van der Waals surface area contributed by atoms with Gasteiger partial charge < -0.3 is 10.6 Å². The molecular weight excluding hydrogens is 392 g/mol. The second-order valence-electron chi connectivity index (χ2n) is 10.4. The molecule has 0 spiro atoms.